The summed E-state index contributed by atoms with van der Waals surface area (Å²) in [7, 11) is 0. The number of rotatable bonds is 15. The average molecular weight is 488 g/mol. The predicted octanol–water partition coefficient (Wildman–Crippen LogP) is 3.83. The first-order valence-corrected chi connectivity index (χ1v) is 13.5. The van der Waals surface area contributed by atoms with Crippen molar-refractivity contribution < 1.29 is 33.5 Å². The van der Waals surface area contributed by atoms with E-state index in [1.165, 1.54) is 38.5 Å². The van der Waals surface area contributed by atoms with Gasteiger partial charge in [-0.1, -0.05) is 46.0 Å². The van der Waals surface area contributed by atoms with E-state index in [1.807, 2.05) is 27.7 Å². The summed E-state index contributed by atoms with van der Waals surface area (Å²) in [5.41, 5.74) is 0. The number of unbranched alkanes of at least 4 members (excludes halogenated alkanes) is 5. The quantitative estimate of drug-likeness (QED) is 0.349. The summed E-state index contributed by atoms with van der Waals surface area (Å²) in [6.45, 7) is 15.2. The second-order valence-corrected chi connectivity index (χ2v) is 11.0. The normalized spacial score (nSPS) is 32.6. The molecule has 3 heterocycles. The van der Waals surface area contributed by atoms with Gasteiger partial charge < -0.3 is 38.4 Å². The molecule has 0 aliphatic carbocycles. The molecule has 1 unspecified atom stereocenters. The maximum absolute atomic E-state index is 10.6. The first kappa shape index (κ1) is 28.3. The second kappa shape index (κ2) is 12.8. The van der Waals surface area contributed by atoms with Crippen LogP contribution in [0.5, 0.6) is 0 Å². The standard InChI is InChI=1S/C26H49NO7/c1-7-9-10-11-12-13-15-27(14-8-2)16-19(28)17-29-18-20-21-22(32-25(3,4)31-21)23-24(30-20)34-26(5,6)33-23/h19-24,28H,7-18H2,1-6H3/t19?,20-,21+,22+,23-,24-/m1/s1. The molecule has 3 aliphatic rings. The van der Waals surface area contributed by atoms with Crippen LogP contribution in [0.2, 0.25) is 0 Å². The van der Waals surface area contributed by atoms with E-state index >= 15 is 0 Å². The molecule has 8 nitrogen and oxygen atoms in total. The van der Waals surface area contributed by atoms with Crippen molar-refractivity contribution in [2.45, 2.75) is 135 Å². The van der Waals surface area contributed by atoms with Crippen molar-refractivity contribution in [1.29, 1.82) is 0 Å². The van der Waals surface area contributed by atoms with Crippen LogP contribution in [0.1, 0.15) is 86.5 Å². The van der Waals surface area contributed by atoms with Crippen LogP contribution in [0.3, 0.4) is 0 Å². The van der Waals surface area contributed by atoms with Crippen molar-refractivity contribution in [3.05, 3.63) is 0 Å². The van der Waals surface area contributed by atoms with Gasteiger partial charge in [-0.15, -0.1) is 0 Å². The number of nitrogens with zero attached hydrogens (tertiary/aromatic N) is 1. The highest BCUT2D eigenvalue weighted by molar-refractivity contribution is 5.00. The van der Waals surface area contributed by atoms with E-state index in [0.29, 0.717) is 13.2 Å². The fourth-order valence-electron chi connectivity index (χ4n) is 5.22. The van der Waals surface area contributed by atoms with Crippen LogP contribution in [-0.4, -0.2) is 91.2 Å². The van der Waals surface area contributed by atoms with Gasteiger partial charge in [0.1, 0.15) is 24.4 Å². The molecule has 0 aromatic heterocycles. The molecule has 200 valence electrons. The van der Waals surface area contributed by atoms with E-state index in [2.05, 4.69) is 18.7 Å². The lowest BCUT2D eigenvalue weighted by Crippen LogP contribution is -2.56. The zero-order valence-electron chi connectivity index (χ0n) is 22.3. The molecule has 0 bridgehead atoms. The molecule has 3 aliphatic heterocycles. The van der Waals surface area contributed by atoms with Gasteiger partial charge in [0.05, 0.1) is 19.3 Å². The van der Waals surface area contributed by atoms with E-state index in [0.717, 1.165) is 19.5 Å². The smallest absolute Gasteiger partial charge is 0.190 e. The van der Waals surface area contributed by atoms with Crippen molar-refractivity contribution in [1.82, 2.24) is 4.90 Å². The van der Waals surface area contributed by atoms with Crippen molar-refractivity contribution >= 4 is 0 Å². The van der Waals surface area contributed by atoms with E-state index in [9.17, 15) is 5.11 Å². The third kappa shape index (κ3) is 8.10. The molecule has 0 aromatic rings. The molecule has 3 fully saturated rings. The van der Waals surface area contributed by atoms with Gasteiger partial charge in [0.15, 0.2) is 17.9 Å². The van der Waals surface area contributed by atoms with Crippen molar-refractivity contribution in [2.24, 2.45) is 0 Å². The van der Waals surface area contributed by atoms with Crippen LogP contribution < -0.4 is 0 Å². The Balaban J connectivity index is 1.43. The Hall–Kier alpha value is -0.320. The summed E-state index contributed by atoms with van der Waals surface area (Å²) in [4.78, 5) is 2.35. The summed E-state index contributed by atoms with van der Waals surface area (Å²) in [5.74, 6) is -1.46. The van der Waals surface area contributed by atoms with Gasteiger partial charge in [-0.3, -0.25) is 0 Å². The summed E-state index contributed by atoms with van der Waals surface area (Å²) in [6, 6.07) is 0. The predicted molar refractivity (Wildman–Crippen MR) is 129 cm³/mol. The summed E-state index contributed by atoms with van der Waals surface area (Å²) in [5, 5.41) is 10.6. The second-order valence-electron chi connectivity index (χ2n) is 11.0. The number of hydrogen-bond acceptors (Lipinski definition) is 8. The topological polar surface area (TPSA) is 78.9 Å². The summed E-state index contributed by atoms with van der Waals surface area (Å²) in [6.07, 6.45) is 6.41. The fraction of sp³-hybridized carbons (Fsp3) is 1.00. The minimum atomic E-state index is -0.735. The molecular formula is C26H49NO7. The lowest BCUT2D eigenvalue weighted by Gasteiger charge is -2.37. The summed E-state index contributed by atoms with van der Waals surface area (Å²) >= 11 is 0. The lowest BCUT2D eigenvalue weighted by atomic mass is 9.99. The Labute approximate surface area is 206 Å². The minimum Gasteiger partial charge on any atom is -0.389 e. The highest BCUT2D eigenvalue weighted by Gasteiger charge is 2.60. The van der Waals surface area contributed by atoms with E-state index in [-0.39, 0.29) is 31.0 Å². The van der Waals surface area contributed by atoms with E-state index in [1.54, 1.807) is 0 Å². The molecule has 0 saturated carbocycles. The molecule has 0 spiro atoms. The largest absolute Gasteiger partial charge is 0.389 e. The Bertz CT molecular complexity index is 602. The van der Waals surface area contributed by atoms with Crippen LogP contribution in [0.15, 0.2) is 0 Å². The molecule has 1 N–H and O–H groups in total. The van der Waals surface area contributed by atoms with Gasteiger partial charge in [0.2, 0.25) is 0 Å². The van der Waals surface area contributed by atoms with E-state index in [4.69, 9.17) is 28.4 Å². The van der Waals surface area contributed by atoms with Gasteiger partial charge in [-0.25, -0.2) is 0 Å². The SMILES string of the molecule is CCCCCCCCN(CCC)CC(O)COC[C@H]1O[C@@H]2OC(C)(C)O[C@@H]2[C@H]2OC(C)(C)O[C@H]21. The van der Waals surface area contributed by atoms with Crippen LogP contribution in [-0.2, 0) is 28.4 Å². The zero-order chi connectivity index (χ0) is 24.8. The molecule has 0 aromatic carbocycles. The van der Waals surface area contributed by atoms with E-state index < -0.39 is 24.0 Å². The molecular weight excluding hydrogens is 438 g/mol. The highest BCUT2D eigenvalue weighted by Crippen LogP contribution is 2.44. The van der Waals surface area contributed by atoms with Gasteiger partial charge in [-0.2, -0.15) is 0 Å². The van der Waals surface area contributed by atoms with Crippen molar-refractivity contribution in [3.63, 3.8) is 0 Å². The Morgan fingerprint density at radius 1 is 0.794 bits per heavy atom. The molecule has 6 atom stereocenters. The fourth-order valence-corrected chi connectivity index (χ4v) is 5.22. The molecule has 0 amide bonds. The monoisotopic (exact) mass is 487 g/mol. The van der Waals surface area contributed by atoms with Gasteiger partial charge in [-0.05, 0) is 53.6 Å². The molecule has 3 saturated heterocycles. The van der Waals surface area contributed by atoms with Crippen molar-refractivity contribution in [2.75, 3.05) is 32.8 Å². The first-order valence-electron chi connectivity index (χ1n) is 13.5. The number of aliphatic hydroxyl groups is 1. The molecule has 8 heteroatoms. The third-order valence-electron chi connectivity index (χ3n) is 6.68. The maximum atomic E-state index is 10.6. The average Bonchev–Trinajstić information content (AvgIpc) is 3.24. The minimum absolute atomic E-state index is 0.259. The zero-order valence-corrected chi connectivity index (χ0v) is 22.3. The number of fused-ring (bicyclic) bond motifs is 3. The third-order valence-corrected chi connectivity index (χ3v) is 6.68. The number of aliphatic hydroxyl groups excluding tert-OH is 1. The van der Waals surface area contributed by atoms with Crippen LogP contribution in [0, 0.1) is 0 Å². The molecule has 0 radical (unpaired) electrons. The van der Waals surface area contributed by atoms with Gasteiger partial charge in [0, 0.05) is 6.54 Å². The van der Waals surface area contributed by atoms with Crippen LogP contribution >= 0.6 is 0 Å². The Morgan fingerprint density at radius 2 is 1.44 bits per heavy atom. The highest BCUT2D eigenvalue weighted by atomic mass is 16.9. The Morgan fingerprint density at radius 3 is 2.18 bits per heavy atom. The summed E-state index contributed by atoms with van der Waals surface area (Å²) < 4.78 is 36.4. The molecule has 34 heavy (non-hydrogen) atoms. The number of hydrogen-bond donors (Lipinski definition) is 1. The van der Waals surface area contributed by atoms with Crippen molar-refractivity contribution in [3.8, 4) is 0 Å². The van der Waals surface area contributed by atoms with Gasteiger partial charge in [0.25, 0.3) is 0 Å². The van der Waals surface area contributed by atoms with Crippen LogP contribution in [0.4, 0.5) is 0 Å². The Kier molecular flexibility index (Phi) is 10.6. The van der Waals surface area contributed by atoms with Crippen LogP contribution in [0.25, 0.3) is 0 Å². The maximum Gasteiger partial charge on any atom is 0.190 e. The van der Waals surface area contributed by atoms with Gasteiger partial charge >= 0.3 is 0 Å². The molecule has 3 rings (SSSR count). The first-order chi connectivity index (χ1) is 16.1. The lowest BCUT2D eigenvalue weighted by molar-refractivity contribution is -0.244. The number of ether oxygens (including phenoxy) is 6.